The van der Waals surface area contributed by atoms with Crippen molar-refractivity contribution in [2.45, 2.75) is 6.92 Å². The Bertz CT molecular complexity index is 759. The van der Waals surface area contributed by atoms with Gasteiger partial charge in [-0.25, -0.2) is 8.78 Å². The molecule has 132 valence electrons. The standard InChI is InChI=1S/C19H20F2N2O2/c1-2-25-18-8-7-14(13-16(18)21)19(24)23-11-9-22(10-12-23)17-6-4-3-5-15(17)20/h3-8,13H,2,9-12H2,1H3. The summed E-state index contributed by atoms with van der Waals surface area (Å²) < 4.78 is 33.0. The number of halogens is 2. The Kier molecular flexibility index (Phi) is 5.16. The molecule has 1 fully saturated rings. The number of benzene rings is 2. The van der Waals surface area contributed by atoms with Crippen molar-refractivity contribution in [1.29, 1.82) is 0 Å². The molecular formula is C19H20F2N2O2. The second-order valence-corrected chi connectivity index (χ2v) is 5.81. The van der Waals surface area contributed by atoms with Gasteiger partial charge < -0.3 is 14.5 Å². The highest BCUT2D eigenvalue weighted by Crippen LogP contribution is 2.22. The van der Waals surface area contributed by atoms with Gasteiger partial charge in [-0.1, -0.05) is 12.1 Å². The second kappa shape index (κ2) is 7.51. The van der Waals surface area contributed by atoms with Gasteiger partial charge in [0.15, 0.2) is 11.6 Å². The first kappa shape index (κ1) is 17.2. The van der Waals surface area contributed by atoms with E-state index in [-0.39, 0.29) is 17.5 Å². The highest BCUT2D eigenvalue weighted by Gasteiger charge is 2.24. The average molecular weight is 346 g/mol. The van der Waals surface area contributed by atoms with Crippen molar-refractivity contribution in [2.75, 3.05) is 37.7 Å². The van der Waals surface area contributed by atoms with Gasteiger partial charge in [-0.05, 0) is 37.3 Å². The fourth-order valence-corrected chi connectivity index (χ4v) is 2.95. The number of hydrogen-bond acceptors (Lipinski definition) is 3. The van der Waals surface area contributed by atoms with Gasteiger partial charge in [-0.3, -0.25) is 4.79 Å². The summed E-state index contributed by atoms with van der Waals surface area (Å²) in [6.07, 6.45) is 0. The van der Waals surface area contributed by atoms with Crippen LogP contribution in [0, 0.1) is 11.6 Å². The van der Waals surface area contributed by atoms with Gasteiger partial charge >= 0.3 is 0 Å². The highest BCUT2D eigenvalue weighted by atomic mass is 19.1. The lowest BCUT2D eigenvalue weighted by Crippen LogP contribution is -2.49. The smallest absolute Gasteiger partial charge is 0.254 e. The highest BCUT2D eigenvalue weighted by molar-refractivity contribution is 5.94. The molecule has 1 saturated heterocycles. The molecule has 2 aromatic carbocycles. The average Bonchev–Trinajstić information content (AvgIpc) is 2.63. The van der Waals surface area contributed by atoms with Crippen molar-refractivity contribution in [3.63, 3.8) is 0 Å². The molecule has 3 rings (SSSR count). The Morgan fingerprint density at radius 1 is 1.04 bits per heavy atom. The molecule has 0 N–H and O–H groups in total. The van der Waals surface area contributed by atoms with E-state index >= 15 is 0 Å². The fraction of sp³-hybridized carbons (Fsp3) is 0.316. The quantitative estimate of drug-likeness (QED) is 0.851. The molecule has 1 aliphatic rings. The first-order valence-electron chi connectivity index (χ1n) is 8.31. The second-order valence-electron chi connectivity index (χ2n) is 5.81. The van der Waals surface area contributed by atoms with Crippen molar-refractivity contribution in [1.82, 2.24) is 4.90 Å². The maximum absolute atomic E-state index is 13.9. The number of carbonyl (C=O) groups is 1. The van der Waals surface area contributed by atoms with Gasteiger partial charge in [0.2, 0.25) is 0 Å². The molecule has 0 bridgehead atoms. The number of anilines is 1. The molecular weight excluding hydrogens is 326 g/mol. The fourth-order valence-electron chi connectivity index (χ4n) is 2.95. The zero-order chi connectivity index (χ0) is 17.8. The molecule has 0 spiro atoms. The van der Waals surface area contributed by atoms with E-state index in [0.717, 1.165) is 0 Å². The van der Waals surface area contributed by atoms with Crippen LogP contribution in [0.1, 0.15) is 17.3 Å². The van der Waals surface area contributed by atoms with E-state index in [4.69, 9.17) is 4.74 Å². The van der Waals surface area contributed by atoms with Crippen molar-refractivity contribution in [2.24, 2.45) is 0 Å². The lowest BCUT2D eigenvalue weighted by atomic mass is 10.1. The van der Waals surface area contributed by atoms with Crippen LogP contribution in [0.4, 0.5) is 14.5 Å². The number of para-hydroxylation sites is 1. The predicted molar refractivity (Wildman–Crippen MR) is 92.1 cm³/mol. The van der Waals surface area contributed by atoms with Crippen molar-refractivity contribution in [3.8, 4) is 5.75 Å². The minimum atomic E-state index is -0.544. The largest absolute Gasteiger partial charge is 0.491 e. The molecule has 2 aromatic rings. The molecule has 0 aromatic heterocycles. The maximum Gasteiger partial charge on any atom is 0.254 e. The Hall–Kier alpha value is -2.63. The normalized spacial score (nSPS) is 14.5. The van der Waals surface area contributed by atoms with E-state index in [0.29, 0.717) is 44.0 Å². The van der Waals surface area contributed by atoms with Crippen LogP contribution in [-0.4, -0.2) is 43.6 Å². The van der Waals surface area contributed by atoms with Crippen LogP contribution in [-0.2, 0) is 0 Å². The van der Waals surface area contributed by atoms with Gasteiger partial charge in [0.05, 0.1) is 12.3 Å². The third-order valence-corrected chi connectivity index (χ3v) is 4.24. The summed E-state index contributed by atoms with van der Waals surface area (Å²) in [5, 5.41) is 0. The molecule has 25 heavy (non-hydrogen) atoms. The number of piperazine rings is 1. The Labute approximate surface area is 145 Å². The van der Waals surface area contributed by atoms with E-state index in [1.165, 1.54) is 18.2 Å². The Balaban J connectivity index is 1.65. The third-order valence-electron chi connectivity index (χ3n) is 4.24. The number of rotatable bonds is 4. The van der Waals surface area contributed by atoms with E-state index in [9.17, 15) is 13.6 Å². The molecule has 0 aliphatic carbocycles. The van der Waals surface area contributed by atoms with Crippen molar-refractivity contribution in [3.05, 3.63) is 59.7 Å². The van der Waals surface area contributed by atoms with Gasteiger partial charge in [-0.15, -0.1) is 0 Å². The minimum Gasteiger partial charge on any atom is -0.491 e. The third kappa shape index (κ3) is 3.73. The Morgan fingerprint density at radius 2 is 1.76 bits per heavy atom. The first-order chi connectivity index (χ1) is 12.1. The molecule has 0 saturated carbocycles. The summed E-state index contributed by atoms with van der Waals surface area (Å²) in [4.78, 5) is 16.1. The molecule has 0 unspecified atom stereocenters. The number of ether oxygens (including phenoxy) is 1. The van der Waals surface area contributed by atoms with Gasteiger partial charge in [0.1, 0.15) is 5.82 Å². The Morgan fingerprint density at radius 3 is 2.40 bits per heavy atom. The summed E-state index contributed by atoms with van der Waals surface area (Å²) >= 11 is 0. The molecule has 4 nitrogen and oxygen atoms in total. The van der Waals surface area contributed by atoms with E-state index in [1.54, 1.807) is 36.1 Å². The van der Waals surface area contributed by atoms with Crippen LogP contribution < -0.4 is 9.64 Å². The zero-order valence-corrected chi connectivity index (χ0v) is 14.0. The van der Waals surface area contributed by atoms with Gasteiger partial charge in [0, 0.05) is 31.7 Å². The SMILES string of the molecule is CCOc1ccc(C(=O)N2CCN(c3ccccc3F)CC2)cc1F. The zero-order valence-electron chi connectivity index (χ0n) is 14.0. The summed E-state index contributed by atoms with van der Waals surface area (Å²) in [6.45, 7) is 4.12. The van der Waals surface area contributed by atoms with E-state index < -0.39 is 5.82 Å². The summed E-state index contributed by atoms with van der Waals surface area (Å²) in [7, 11) is 0. The maximum atomic E-state index is 13.9. The van der Waals surface area contributed by atoms with Crippen LogP contribution >= 0.6 is 0 Å². The summed E-state index contributed by atoms with van der Waals surface area (Å²) in [6, 6.07) is 10.8. The first-order valence-corrected chi connectivity index (χ1v) is 8.31. The summed E-state index contributed by atoms with van der Waals surface area (Å²) in [5.41, 5.74) is 0.835. The van der Waals surface area contributed by atoms with Crippen LogP contribution in [0.15, 0.2) is 42.5 Å². The number of amides is 1. The van der Waals surface area contributed by atoms with Gasteiger partial charge in [-0.2, -0.15) is 0 Å². The predicted octanol–water partition coefficient (Wildman–Crippen LogP) is 3.33. The molecule has 1 heterocycles. The number of nitrogens with zero attached hydrogens (tertiary/aromatic N) is 2. The van der Waals surface area contributed by atoms with E-state index in [2.05, 4.69) is 0 Å². The van der Waals surface area contributed by atoms with Crippen LogP contribution in [0.25, 0.3) is 0 Å². The van der Waals surface area contributed by atoms with Crippen molar-refractivity contribution < 1.29 is 18.3 Å². The lowest BCUT2D eigenvalue weighted by molar-refractivity contribution is 0.0746. The van der Waals surface area contributed by atoms with Gasteiger partial charge in [0.25, 0.3) is 5.91 Å². The van der Waals surface area contributed by atoms with Crippen LogP contribution in [0.3, 0.4) is 0 Å². The molecule has 1 aliphatic heterocycles. The van der Waals surface area contributed by atoms with Crippen LogP contribution in [0.5, 0.6) is 5.75 Å². The number of hydrogen-bond donors (Lipinski definition) is 0. The minimum absolute atomic E-state index is 0.142. The summed E-state index contributed by atoms with van der Waals surface area (Å²) in [5.74, 6) is -0.896. The molecule has 6 heteroatoms. The van der Waals surface area contributed by atoms with Crippen LogP contribution in [0.2, 0.25) is 0 Å². The topological polar surface area (TPSA) is 32.8 Å². The molecule has 1 amide bonds. The van der Waals surface area contributed by atoms with E-state index in [1.807, 2.05) is 4.90 Å². The number of carbonyl (C=O) groups excluding carboxylic acids is 1. The monoisotopic (exact) mass is 346 g/mol. The lowest BCUT2D eigenvalue weighted by Gasteiger charge is -2.36. The van der Waals surface area contributed by atoms with Crippen molar-refractivity contribution >= 4 is 11.6 Å². The molecule has 0 radical (unpaired) electrons. The molecule has 0 atom stereocenters.